The van der Waals surface area contributed by atoms with E-state index >= 15 is 0 Å². The second-order valence-corrected chi connectivity index (χ2v) is 7.76. The Morgan fingerprint density at radius 3 is 2.48 bits per heavy atom. The first-order valence-corrected chi connectivity index (χ1v) is 10.7. The van der Waals surface area contributed by atoms with E-state index in [4.69, 9.17) is 9.97 Å². The largest absolute Gasteiger partial charge is 0.340 e. The summed E-state index contributed by atoms with van der Waals surface area (Å²) < 4.78 is 13.7. The van der Waals surface area contributed by atoms with Gasteiger partial charge in [-0.05, 0) is 55.3 Å². The Balaban J connectivity index is 1.53. The van der Waals surface area contributed by atoms with E-state index in [1.807, 2.05) is 23.1 Å². The average molecular weight is 440 g/mol. The number of amides is 1. The predicted octanol–water partition coefficient (Wildman–Crippen LogP) is 4.79. The number of halogens is 1. The Morgan fingerprint density at radius 1 is 0.970 bits per heavy atom. The summed E-state index contributed by atoms with van der Waals surface area (Å²) in [7, 11) is 0. The van der Waals surface area contributed by atoms with Gasteiger partial charge in [0.05, 0.1) is 11.7 Å². The van der Waals surface area contributed by atoms with Gasteiger partial charge in [0.25, 0.3) is 5.91 Å². The van der Waals surface area contributed by atoms with Crippen LogP contribution in [0.3, 0.4) is 0 Å². The molecule has 0 spiro atoms. The van der Waals surface area contributed by atoms with Crippen molar-refractivity contribution in [2.45, 2.75) is 18.9 Å². The summed E-state index contributed by atoms with van der Waals surface area (Å²) >= 11 is 0. The standard InChI is InChI=1S/C25H21FN6O/c26-19-3-1-4-20(15-19)29-23-16-21(17-6-10-27-11-7-17)30-24(31-23)22-5-2-14-32(22)25(33)18-8-12-28-13-9-18/h1,3-4,6-13,15-16,22H,2,5,14H2,(H,29,30,31)/t22-/m0/s1. The summed E-state index contributed by atoms with van der Waals surface area (Å²) in [5, 5.41) is 3.18. The van der Waals surface area contributed by atoms with Crippen LogP contribution in [-0.4, -0.2) is 37.3 Å². The molecule has 1 fully saturated rings. The minimum absolute atomic E-state index is 0.0718. The smallest absolute Gasteiger partial charge is 0.254 e. The third-order valence-electron chi connectivity index (χ3n) is 5.56. The quantitative estimate of drug-likeness (QED) is 0.480. The fourth-order valence-corrected chi connectivity index (χ4v) is 4.00. The fourth-order valence-electron chi connectivity index (χ4n) is 4.00. The zero-order valence-electron chi connectivity index (χ0n) is 17.7. The van der Waals surface area contributed by atoms with Crippen molar-refractivity contribution in [2.75, 3.05) is 11.9 Å². The Kier molecular flexibility index (Phi) is 5.72. The summed E-state index contributed by atoms with van der Waals surface area (Å²) in [5.74, 6) is 0.662. The monoisotopic (exact) mass is 440 g/mol. The summed E-state index contributed by atoms with van der Waals surface area (Å²) in [6, 6.07) is 14.9. The lowest BCUT2D eigenvalue weighted by atomic mass is 10.1. The summed E-state index contributed by atoms with van der Waals surface area (Å²) in [6.45, 7) is 0.626. The lowest BCUT2D eigenvalue weighted by molar-refractivity contribution is 0.0730. The van der Waals surface area contributed by atoms with Gasteiger partial charge in [0.15, 0.2) is 5.82 Å². The molecule has 0 aliphatic carbocycles. The van der Waals surface area contributed by atoms with Gasteiger partial charge in [-0.15, -0.1) is 0 Å². The highest BCUT2D eigenvalue weighted by Crippen LogP contribution is 2.33. The van der Waals surface area contributed by atoms with Gasteiger partial charge < -0.3 is 10.2 Å². The summed E-state index contributed by atoms with van der Waals surface area (Å²) in [4.78, 5) is 32.6. The molecule has 4 aromatic rings. The van der Waals surface area contributed by atoms with E-state index in [2.05, 4.69) is 15.3 Å². The van der Waals surface area contributed by atoms with Gasteiger partial charge in [0.1, 0.15) is 11.6 Å². The minimum Gasteiger partial charge on any atom is -0.340 e. The number of carbonyl (C=O) groups excluding carboxylic acids is 1. The molecule has 1 aliphatic heterocycles. The molecule has 1 amide bonds. The maximum Gasteiger partial charge on any atom is 0.254 e. The first-order valence-electron chi connectivity index (χ1n) is 10.7. The number of benzene rings is 1. The van der Waals surface area contributed by atoms with Crippen LogP contribution in [0.1, 0.15) is 35.1 Å². The lowest BCUT2D eigenvalue weighted by Gasteiger charge is -2.24. The van der Waals surface area contributed by atoms with Crippen molar-refractivity contribution in [3.8, 4) is 11.3 Å². The van der Waals surface area contributed by atoms with Crippen LogP contribution < -0.4 is 5.32 Å². The van der Waals surface area contributed by atoms with Crippen molar-refractivity contribution >= 4 is 17.4 Å². The predicted molar refractivity (Wildman–Crippen MR) is 122 cm³/mol. The zero-order chi connectivity index (χ0) is 22.6. The van der Waals surface area contributed by atoms with Crippen LogP contribution in [0.5, 0.6) is 0 Å². The molecule has 33 heavy (non-hydrogen) atoms. The Labute approximate surface area is 190 Å². The second-order valence-electron chi connectivity index (χ2n) is 7.76. The summed E-state index contributed by atoms with van der Waals surface area (Å²) in [5.41, 5.74) is 2.74. The van der Waals surface area contributed by atoms with Gasteiger partial charge in [0.2, 0.25) is 0 Å². The maximum atomic E-state index is 13.7. The second kappa shape index (κ2) is 9.12. The Bertz CT molecular complexity index is 1270. The van der Waals surface area contributed by atoms with Gasteiger partial charge in [-0.25, -0.2) is 14.4 Å². The maximum absolute atomic E-state index is 13.7. The van der Waals surface area contributed by atoms with Crippen LogP contribution in [0.2, 0.25) is 0 Å². The molecule has 4 heterocycles. The number of carbonyl (C=O) groups is 1. The molecule has 1 atom stereocenters. The molecule has 1 aromatic carbocycles. The van der Waals surface area contributed by atoms with Crippen molar-refractivity contribution in [3.63, 3.8) is 0 Å². The molecule has 7 nitrogen and oxygen atoms in total. The normalized spacial score (nSPS) is 15.4. The molecule has 8 heteroatoms. The van der Waals surface area contributed by atoms with Crippen molar-refractivity contribution < 1.29 is 9.18 Å². The first kappa shape index (κ1) is 20.7. The molecule has 164 valence electrons. The van der Waals surface area contributed by atoms with Gasteiger partial charge in [-0.1, -0.05) is 6.07 Å². The van der Waals surface area contributed by atoms with Crippen LogP contribution in [-0.2, 0) is 0 Å². The fraction of sp³-hybridized carbons (Fsp3) is 0.160. The minimum atomic E-state index is -0.339. The van der Waals surface area contributed by atoms with E-state index in [1.54, 1.807) is 49.1 Å². The molecule has 0 radical (unpaired) electrons. The number of nitrogens with zero attached hydrogens (tertiary/aromatic N) is 5. The average Bonchev–Trinajstić information content (AvgIpc) is 3.35. The number of likely N-dealkylation sites (tertiary alicyclic amines) is 1. The van der Waals surface area contributed by atoms with Crippen molar-refractivity contribution in [2.24, 2.45) is 0 Å². The van der Waals surface area contributed by atoms with E-state index in [0.717, 1.165) is 18.4 Å². The van der Waals surface area contributed by atoms with Gasteiger partial charge in [0, 0.05) is 54.2 Å². The molecule has 1 aliphatic rings. The molecule has 5 rings (SSSR count). The van der Waals surface area contributed by atoms with E-state index in [0.29, 0.717) is 35.1 Å². The van der Waals surface area contributed by atoms with Crippen LogP contribution in [0.15, 0.2) is 79.4 Å². The molecular weight excluding hydrogens is 419 g/mol. The molecule has 1 saturated heterocycles. The molecule has 0 saturated carbocycles. The topological polar surface area (TPSA) is 83.9 Å². The molecule has 0 unspecified atom stereocenters. The van der Waals surface area contributed by atoms with Crippen LogP contribution in [0.25, 0.3) is 11.3 Å². The third-order valence-corrected chi connectivity index (χ3v) is 5.56. The highest BCUT2D eigenvalue weighted by molar-refractivity contribution is 5.94. The molecule has 0 bridgehead atoms. The molecule has 1 N–H and O–H groups in total. The number of pyridine rings is 2. The van der Waals surface area contributed by atoms with Crippen LogP contribution >= 0.6 is 0 Å². The number of hydrogen-bond donors (Lipinski definition) is 1. The van der Waals surface area contributed by atoms with Crippen LogP contribution in [0.4, 0.5) is 15.9 Å². The van der Waals surface area contributed by atoms with E-state index in [-0.39, 0.29) is 17.8 Å². The third kappa shape index (κ3) is 4.55. The van der Waals surface area contributed by atoms with Crippen LogP contribution in [0, 0.1) is 5.82 Å². The summed E-state index contributed by atoms with van der Waals surface area (Å²) in [6.07, 6.45) is 8.24. The van der Waals surface area contributed by atoms with Gasteiger partial charge in [-0.2, -0.15) is 0 Å². The van der Waals surface area contributed by atoms with E-state index in [9.17, 15) is 9.18 Å². The first-order chi connectivity index (χ1) is 16.2. The van der Waals surface area contributed by atoms with Crippen molar-refractivity contribution in [3.05, 3.63) is 96.6 Å². The Morgan fingerprint density at radius 2 is 1.73 bits per heavy atom. The van der Waals surface area contributed by atoms with Crippen molar-refractivity contribution in [1.82, 2.24) is 24.8 Å². The molecule has 3 aromatic heterocycles. The number of rotatable bonds is 5. The highest BCUT2D eigenvalue weighted by atomic mass is 19.1. The van der Waals surface area contributed by atoms with E-state index < -0.39 is 0 Å². The number of anilines is 2. The number of nitrogens with one attached hydrogen (secondary N) is 1. The number of aromatic nitrogens is 4. The Hall–Kier alpha value is -4.20. The highest BCUT2D eigenvalue weighted by Gasteiger charge is 2.33. The number of hydrogen-bond acceptors (Lipinski definition) is 6. The van der Waals surface area contributed by atoms with Crippen molar-refractivity contribution in [1.29, 1.82) is 0 Å². The van der Waals surface area contributed by atoms with Gasteiger partial charge in [-0.3, -0.25) is 14.8 Å². The zero-order valence-corrected chi connectivity index (χ0v) is 17.7. The molecular formula is C25H21FN6O. The lowest BCUT2D eigenvalue weighted by Crippen LogP contribution is -2.31. The van der Waals surface area contributed by atoms with Gasteiger partial charge >= 0.3 is 0 Å². The SMILES string of the molecule is O=C(c1ccncc1)N1CCC[C@H]1c1nc(Nc2cccc(F)c2)cc(-c2ccncc2)n1. The van der Waals surface area contributed by atoms with E-state index in [1.165, 1.54) is 12.1 Å².